The predicted octanol–water partition coefficient (Wildman–Crippen LogP) is 2.94. The van der Waals surface area contributed by atoms with Crippen LogP contribution in [0.25, 0.3) is 0 Å². The van der Waals surface area contributed by atoms with Crippen molar-refractivity contribution in [2.75, 3.05) is 7.11 Å². The van der Waals surface area contributed by atoms with E-state index in [2.05, 4.69) is 10.1 Å². The molecule has 94 valence electrons. The molecule has 2 atom stereocenters. The average Bonchev–Trinajstić information content (AvgIpc) is 2.29. The van der Waals surface area contributed by atoms with Crippen LogP contribution in [0.3, 0.4) is 0 Å². The molecule has 1 aromatic rings. The third-order valence-electron chi connectivity index (χ3n) is 2.61. The van der Waals surface area contributed by atoms with Crippen molar-refractivity contribution in [1.29, 1.82) is 0 Å². The van der Waals surface area contributed by atoms with Crippen LogP contribution >= 0.6 is 11.6 Å². The standard InChI is InChI=1S/C13H18ClNO2/c1-9(8-13(16)17-3)15-10(2)11-6-4-5-7-12(11)14/h4-7,9-10,15H,8H2,1-3H3/t9?,10-/m1/s1. The van der Waals surface area contributed by atoms with Gasteiger partial charge in [0.2, 0.25) is 0 Å². The minimum Gasteiger partial charge on any atom is -0.469 e. The summed E-state index contributed by atoms with van der Waals surface area (Å²) in [5.74, 6) is -0.212. The molecule has 0 saturated carbocycles. The van der Waals surface area contributed by atoms with Crippen molar-refractivity contribution in [3.05, 3.63) is 34.9 Å². The second-order valence-corrected chi connectivity index (χ2v) is 4.50. The predicted molar refractivity (Wildman–Crippen MR) is 69.1 cm³/mol. The van der Waals surface area contributed by atoms with Crippen LogP contribution in [0.1, 0.15) is 31.9 Å². The molecule has 4 heteroatoms. The van der Waals surface area contributed by atoms with E-state index in [1.807, 2.05) is 38.1 Å². The molecule has 1 aromatic carbocycles. The van der Waals surface area contributed by atoms with E-state index in [0.717, 1.165) is 10.6 Å². The van der Waals surface area contributed by atoms with Gasteiger partial charge in [0.05, 0.1) is 13.5 Å². The molecule has 1 N–H and O–H groups in total. The average molecular weight is 256 g/mol. The van der Waals surface area contributed by atoms with E-state index >= 15 is 0 Å². The van der Waals surface area contributed by atoms with E-state index in [1.165, 1.54) is 7.11 Å². The van der Waals surface area contributed by atoms with Gasteiger partial charge in [0, 0.05) is 17.1 Å². The van der Waals surface area contributed by atoms with Crippen LogP contribution in [0.2, 0.25) is 5.02 Å². The number of carbonyl (C=O) groups excluding carboxylic acids is 1. The van der Waals surface area contributed by atoms with Gasteiger partial charge < -0.3 is 10.1 Å². The number of halogens is 1. The number of esters is 1. The lowest BCUT2D eigenvalue weighted by Gasteiger charge is -2.20. The van der Waals surface area contributed by atoms with Gasteiger partial charge in [-0.15, -0.1) is 0 Å². The molecule has 0 aliphatic heterocycles. The molecule has 0 heterocycles. The summed E-state index contributed by atoms with van der Waals surface area (Å²) in [6, 6.07) is 7.84. The molecule has 0 aliphatic rings. The summed E-state index contributed by atoms with van der Waals surface area (Å²) in [7, 11) is 1.40. The van der Waals surface area contributed by atoms with Crippen LogP contribution in [0.15, 0.2) is 24.3 Å². The molecule has 17 heavy (non-hydrogen) atoms. The van der Waals surface area contributed by atoms with Crippen molar-refractivity contribution in [3.63, 3.8) is 0 Å². The monoisotopic (exact) mass is 255 g/mol. The lowest BCUT2D eigenvalue weighted by Crippen LogP contribution is -2.31. The Hall–Kier alpha value is -1.06. The summed E-state index contributed by atoms with van der Waals surface area (Å²) in [4.78, 5) is 11.1. The molecule has 0 radical (unpaired) electrons. The van der Waals surface area contributed by atoms with Gasteiger partial charge in [-0.1, -0.05) is 29.8 Å². The molecule has 0 aliphatic carbocycles. The fourth-order valence-corrected chi connectivity index (χ4v) is 2.03. The molecule has 3 nitrogen and oxygen atoms in total. The Labute approximate surface area is 107 Å². The highest BCUT2D eigenvalue weighted by Crippen LogP contribution is 2.22. The molecule has 1 unspecified atom stereocenters. The van der Waals surface area contributed by atoms with Crippen LogP contribution in [-0.4, -0.2) is 19.1 Å². The Balaban J connectivity index is 2.57. The number of carbonyl (C=O) groups is 1. The third kappa shape index (κ3) is 4.36. The SMILES string of the molecule is COC(=O)CC(C)N[C@H](C)c1ccccc1Cl. The molecule has 0 aromatic heterocycles. The first-order valence-corrected chi connectivity index (χ1v) is 5.99. The van der Waals surface area contributed by atoms with Gasteiger partial charge in [-0.2, -0.15) is 0 Å². The second-order valence-electron chi connectivity index (χ2n) is 4.09. The van der Waals surface area contributed by atoms with Crippen LogP contribution in [0.4, 0.5) is 0 Å². The van der Waals surface area contributed by atoms with Crippen molar-refractivity contribution < 1.29 is 9.53 Å². The van der Waals surface area contributed by atoms with Crippen LogP contribution in [0.5, 0.6) is 0 Å². The smallest absolute Gasteiger partial charge is 0.307 e. The lowest BCUT2D eigenvalue weighted by atomic mass is 10.1. The minimum absolute atomic E-state index is 0.0497. The number of hydrogen-bond acceptors (Lipinski definition) is 3. The summed E-state index contributed by atoms with van der Waals surface area (Å²) in [6.07, 6.45) is 0.352. The normalized spacial score (nSPS) is 14.1. The zero-order valence-electron chi connectivity index (χ0n) is 10.4. The van der Waals surface area contributed by atoms with E-state index in [-0.39, 0.29) is 18.1 Å². The maximum absolute atomic E-state index is 11.1. The van der Waals surface area contributed by atoms with E-state index in [0.29, 0.717) is 6.42 Å². The number of ether oxygens (including phenoxy) is 1. The molecular weight excluding hydrogens is 238 g/mol. The van der Waals surface area contributed by atoms with E-state index in [4.69, 9.17) is 11.6 Å². The highest BCUT2D eigenvalue weighted by Gasteiger charge is 2.14. The van der Waals surface area contributed by atoms with Gasteiger partial charge in [-0.25, -0.2) is 0 Å². The van der Waals surface area contributed by atoms with Crippen molar-refractivity contribution in [2.45, 2.75) is 32.4 Å². The fourth-order valence-electron chi connectivity index (χ4n) is 1.74. The second kappa shape index (κ2) is 6.62. The maximum atomic E-state index is 11.1. The summed E-state index contributed by atoms with van der Waals surface area (Å²) in [5.41, 5.74) is 1.03. The highest BCUT2D eigenvalue weighted by atomic mass is 35.5. The molecule has 0 saturated heterocycles. The number of rotatable bonds is 5. The largest absolute Gasteiger partial charge is 0.469 e. The quantitative estimate of drug-likeness (QED) is 0.822. The lowest BCUT2D eigenvalue weighted by molar-refractivity contribution is -0.141. The number of nitrogens with one attached hydrogen (secondary N) is 1. The Morgan fingerprint density at radius 3 is 2.65 bits per heavy atom. The Kier molecular flexibility index (Phi) is 5.45. The van der Waals surface area contributed by atoms with Crippen molar-refractivity contribution >= 4 is 17.6 Å². The first-order valence-electron chi connectivity index (χ1n) is 5.62. The first kappa shape index (κ1) is 14.0. The molecule has 0 fully saturated rings. The van der Waals surface area contributed by atoms with Crippen molar-refractivity contribution in [1.82, 2.24) is 5.32 Å². The number of benzene rings is 1. The van der Waals surface area contributed by atoms with Gasteiger partial charge >= 0.3 is 5.97 Å². The van der Waals surface area contributed by atoms with Crippen LogP contribution < -0.4 is 5.32 Å². The summed E-state index contributed by atoms with van der Waals surface area (Å²) >= 11 is 6.10. The topological polar surface area (TPSA) is 38.3 Å². The Morgan fingerprint density at radius 1 is 1.41 bits per heavy atom. The summed E-state index contributed by atoms with van der Waals surface area (Å²) in [5, 5.41) is 4.05. The highest BCUT2D eigenvalue weighted by molar-refractivity contribution is 6.31. The molecule has 0 amide bonds. The zero-order chi connectivity index (χ0) is 12.8. The van der Waals surface area contributed by atoms with E-state index in [9.17, 15) is 4.79 Å². The van der Waals surface area contributed by atoms with Crippen molar-refractivity contribution in [2.24, 2.45) is 0 Å². The van der Waals surface area contributed by atoms with Gasteiger partial charge in [-0.05, 0) is 25.5 Å². The van der Waals surface area contributed by atoms with E-state index < -0.39 is 0 Å². The third-order valence-corrected chi connectivity index (χ3v) is 2.95. The van der Waals surface area contributed by atoms with Gasteiger partial charge in [0.1, 0.15) is 0 Å². The van der Waals surface area contributed by atoms with Gasteiger partial charge in [0.25, 0.3) is 0 Å². The summed E-state index contributed by atoms with van der Waals surface area (Å²) in [6.45, 7) is 3.97. The van der Waals surface area contributed by atoms with Gasteiger partial charge in [-0.3, -0.25) is 4.79 Å². The summed E-state index contributed by atoms with van der Waals surface area (Å²) < 4.78 is 4.63. The minimum atomic E-state index is -0.212. The molecule has 1 rings (SSSR count). The van der Waals surface area contributed by atoms with E-state index in [1.54, 1.807) is 0 Å². The number of methoxy groups -OCH3 is 1. The molecular formula is C13H18ClNO2. The van der Waals surface area contributed by atoms with Crippen LogP contribution in [-0.2, 0) is 9.53 Å². The Morgan fingerprint density at radius 2 is 2.06 bits per heavy atom. The molecule has 0 spiro atoms. The van der Waals surface area contributed by atoms with Crippen molar-refractivity contribution in [3.8, 4) is 0 Å². The first-order chi connectivity index (χ1) is 8.04. The Bertz CT molecular complexity index is 381. The maximum Gasteiger partial charge on any atom is 0.307 e. The van der Waals surface area contributed by atoms with Crippen LogP contribution in [0, 0.1) is 0 Å². The zero-order valence-corrected chi connectivity index (χ0v) is 11.1. The number of hydrogen-bond donors (Lipinski definition) is 1. The fraction of sp³-hybridized carbons (Fsp3) is 0.462. The van der Waals surface area contributed by atoms with Gasteiger partial charge in [0.15, 0.2) is 0 Å². The molecule has 0 bridgehead atoms.